The van der Waals surface area contributed by atoms with E-state index in [-0.39, 0.29) is 5.57 Å². The first-order valence-electron chi connectivity index (χ1n) is 11.1. The lowest BCUT2D eigenvalue weighted by atomic mass is 10.1. The topological polar surface area (TPSA) is 80.6 Å². The van der Waals surface area contributed by atoms with E-state index in [1.807, 2.05) is 74.5 Å². The third-order valence-electron chi connectivity index (χ3n) is 4.93. The van der Waals surface area contributed by atoms with Crippen molar-refractivity contribution >= 4 is 12.0 Å². The largest absolute Gasteiger partial charge is 0.490 e. The molecule has 0 saturated heterocycles. The van der Waals surface area contributed by atoms with Crippen molar-refractivity contribution in [3.63, 3.8) is 0 Å². The third kappa shape index (κ3) is 7.14. The SMILES string of the molecule is CCOc1cc(/C=C(\C#N)C(=O)NCc2ccccc2)ccc1OCCOc1ccccc1C. The maximum absolute atomic E-state index is 12.5. The Morgan fingerprint density at radius 2 is 1.62 bits per heavy atom. The van der Waals surface area contributed by atoms with Crippen molar-refractivity contribution in [3.05, 3.63) is 95.1 Å². The van der Waals surface area contributed by atoms with E-state index in [0.29, 0.717) is 43.4 Å². The lowest BCUT2D eigenvalue weighted by Crippen LogP contribution is -2.23. The molecule has 0 atom stereocenters. The Morgan fingerprint density at radius 3 is 2.32 bits per heavy atom. The molecular weight excluding hydrogens is 428 g/mol. The molecule has 0 unspecified atom stereocenters. The van der Waals surface area contributed by atoms with Crippen LogP contribution < -0.4 is 19.5 Å². The Morgan fingerprint density at radius 1 is 0.912 bits per heavy atom. The van der Waals surface area contributed by atoms with E-state index < -0.39 is 5.91 Å². The highest BCUT2D eigenvalue weighted by molar-refractivity contribution is 6.01. The second-order valence-electron chi connectivity index (χ2n) is 7.44. The van der Waals surface area contributed by atoms with E-state index in [0.717, 1.165) is 16.9 Å². The van der Waals surface area contributed by atoms with Gasteiger partial charge in [0.05, 0.1) is 6.61 Å². The summed E-state index contributed by atoms with van der Waals surface area (Å²) >= 11 is 0. The first kappa shape index (κ1) is 24.4. The summed E-state index contributed by atoms with van der Waals surface area (Å²) in [6, 6.07) is 24.6. The molecule has 3 aromatic rings. The number of carbonyl (C=O) groups is 1. The first-order chi connectivity index (χ1) is 16.6. The molecule has 0 heterocycles. The Labute approximate surface area is 200 Å². The van der Waals surface area contributed by atoms with Gasteiger partial charge in [0.2, 0.25) is 0 Å². The average molecular weight is 457 g/mol. The van der Waals surface area contributed by atoms with Crippen molar-refractivity contribution < 1.29 is 19.0 Å². The van der Waals surface area contributed by atoms with Gasteiger partial charge in [0.15, 0.2) is 11.5 Å². The summed E-state index contributed by atoms with van der Waals surface area (Å²) in [6.07, 6.45) is 1.54. The van der Waals surface area contributed by atoms with E-state index >= 15 is 0 Å². The number of hydrogen-bond acceptors (Lipinski definition) is 5. The van der Waals surface area contributed by atoms with Crippen molar-refractivity contribution in [3.8, 4) is 23.3 Å². The van der Waals surface area contributed by atoms with Gasteiger partial charge in [-0.05, 0) is 54.8 Å². The summed E-state index contributed by atoms with van der Waals surface area (Å²) in [5, 5.41) is 12.3. The number of hydrogen-bond donors (Lipinski definition) is 1. The predicted octanol–water partition coefficient (Wildman–Crippen LogP) is 5.07. The van der Waals surface area contributed by atoms with Gasteiger partial charge in [-0.15, -0.1) is 0 Å². The molecule has 174 valence electrons. The zero-order chi connectivity index (χ0) is 24.2. The monoisotopic (exact) mass is 456 g/mol. The van der Waals surface area contributed by atoms with Crippen LogP contribution in [0.1, 0.15) is 23.6 Å². The molecule has 3 aromatic carbocycles. The number of benzene rings is 3. The molecule has 3 rings (SSSR count). The van der Waals surface area contributed by atoms with Crippen LogP contribution in [0.3, 0.4) is 0 Å². The van der Waals surface area contributed by atoms with Gasteiger partial charge in [-0.1, -0.05) is 54.6 Å². The molecular formula is C28H28N2O4. The van der Waals surface area contributed by atoms with Gasteiger partial charge in [0.25, 0.3) is 5.91 Å². The molecule has 0 radical (unpaired) electrons. The van der Waals surface area contributed by atoms with E-state index in [4.69, 9.17) is 14.2 Å². The number of carbonyl (C=O) groups excluding carboxylic acids is 1. The average Bonchev–Trinajstić information content (AvgIpc) is 2.86. The highest BCUT2D eigenvalue weighted by Crippen LogP contribution is 2.29. The van der Waals surface area contributed by atoms with Gasteiger partial charge in [0.1, 0.15) is 30.6 Å². The van der Waals surface area contributed by atoms with Crippen LogP contribution in [0.2, 0.25) is 0 Å². The second kappa shape index (κ2) is 12.7. The molecule has 1 amide bonds. The molecule has 1 N–H and O–H groups in total. The minimum Gasteiger partial charge on any atom is -0.490 e. The van der Waals surface area contributed by atoms with Crippen LogP contribution in [0, 0.1) is 18.3 Å². The van der Waals surface area contributed by atoms with Crippen LogP contribution in [0.4, 0.5) is 0 Å². The Balaban J connectivity index is 1.63. The summed E-state index contributed by atoms with van der Waals surface area (Å²) in [6.45, 7) is 5.40. The standard InChI is InChI=1S/C28H28N2O4/c1-3-32-27-18-23(17-24(19-29)28(31)30-20-22-10-5-4-6-11-22)13-14-26(27)34-16-15-33-25-12-8-7-9-21(25)2/h4-14,17-18H,3,15-16,20H2,1-2H3,(H,30,31)/b24-17+. The molecule has 0 aliphatic carbocycles. The molecule has 6 heteroatoms. The number of nitrogens with zero attached hydrogens (tertiary/aromatic N) is 1. The summed E-state index contributed by atoms with van der Waals surface area (Å²) in [4.78, 5) is 12.5. The van der Waals surface area contributed by atoms with Crippen molar-refractivity contribution in [2.24, 2.45) is 0 Å². The van der Waals surface area contributed by atoms with E-state index in [1.165, 1.54) is 6.08 Å². The van der Waals surface area contributed by atoms with E-state index in [2.05, 4.69) is 5.32 Å². The zero-order valence-corrected chi connectivity index (χ0v) is 19.4. The summed E-state index contributed by atoms with van der Waals surface area (Å²) in [5.74, 6) is 1.50. The number of amides is 1. The molecule has 0 spiro atoms. The van der Waals surface area contributed by atoms with Crippen LogP contribution >= 0.6 is 0 Å². The van der Waals surface area contributed by atoms with Gasteiger partial charge in [-0.2, -0.15) is 5.26 Å². The number of rotatable bonds is 11. The number of nitriles is 1. The van der Waals surface area contributed by atoms with E-state index in [1.54, 1.807) is 18.2 Å². The fourth-order valence-corrected chi connectivity index (χ4v) is 3.21. The fraction of sp³-hybridized carbons (Fsp3) is 0.214. The van der Waals surface area contributed by atoms with Crippen LogP contribution in [0.5, 0.6) is 17.2 Å². The van der Waals surface area contributed by atoms with Crippen molar-refractivity contribution in [2.45, 2.75) is 20.4 Å². The van der Waals surface area contributed by atoms with Gasteiger partial charge in [-0.3, -0.25) is 4.79 Å². The summed E-state index contributed by atoms with van der Waals surface area (Å²) < 4.78 is 17.3. The quantitative estimate of drug-likeness (QED) is 0.247. The Bertz CT molecular complexity index is 1170. The molecule has 0 aliphatic heterocycles. The lowest BCUT2D eigenvalue weighted by molar-refractivity contribution is -0.117. The molecule has 6 nitrogen and oxygen atoms in total. The number of ether oxygens (including phenoxy) is 3. The number of para-hydroxylation sites is 1. The van der Waals surface area contributed by atoms with Crippen LogP contribution in [-0.2, 0) is 11.3 Å². The van der Waals surface area contributed by atoms with Crippen LogP contribution in [0.25, 0.3) is 6.08 Å². The minimum atomic E-state index is -0.432. The number of nitrogens with one attached hydrogen (secondary N) is 1. The first-order valence-corrected chi connectivity index (χ1v) is 11.1. The Hall–Kier alpha value is -4.24. The van der Waals surface area contributed by atoms with Crippen LogP contribution in [-0.4, -0.2) is 25.7 Å². The predicted molar refractivity (Wildman–Crippen MR) is 132 cm³/mol. The second-order valence-corrected chi connectivity index (χ2v) is 7.44. The maximum Gasteiger partial charge on any atom is 0.262 e. The molecule has 0 bridgehead atoms. The van der Waals surface area contributed by atoms with Crippen molar-refractivity contribution in [1.29, 1.82) is 5.26 Å². The number of aryl methyl sites for hydroxylation is 1. The van der Waals surface area contributed by atoms with Crippen molar-refractivity contribution in [2.75, 3.05) is 19.8 Å². The maximum atomic E-state index is 12.5. The highest BCUT2D eigenvalue weighted by atomic mass is 16.5. The van der Waals surface area contributed by atoms with Crippen molar-refractivity contribution in [1.82, 2.24) is 5.32 Å². The van der Waals surface area contributed by atoms with Crippen LogP contribution in [0.15, 0.2) is 78.4 Å². The molecule has 0 saturated carbocycles. The summed E-state index contributed by atoms with van der Waals surface area (Å²) in [5.41, 5.74) is 2.70. The highest BCUT2D eigenvalue weighted by Gasteiger charge is 2.11. The smallest absolute Gasteiger partial charge is 0.262 e. The Kier molecular flexibility index (Phi) is 9.12. The molecule has 34 heavy (non-hydrogen) atoms. The van der Waals surface area contributed by atoms with Gasteiger partial charge >= 0.3 is 0 Å². The molecule has 0 fully saturated rings. The zero-order valence-electron chi connectivity index (χ0n) is 19.4. The van der Waals surface area contributed by atoms with Gasteiger partial charge in [-0.25, -0.2) is 0 Å². The van der Waals surface area contributed by atoms with Gasteiger partial charge < -0.3 is 19.5 Å². The minimum absolute atomic E-state index is 0.0127. The normalized spacial score (nSPS) is 10.8. The molecule has 0 aliphatic rings. The van der Waals surface area contributed by atoms with E-state index in [9.17, 15) is 10.1 Å². The molecule has 0 aromatic heterocycles. The van der Waals surface area contributed by atoms with Gasteiger partial charge in [0, 0.05) is 6.54 Å². The summed E-state index contributed by atoms with van der Waals surface area (Å²) in [7, 11) is 0. The lowest BCUT2D eigenvalue weighted by Gasteiger charge is -2.14. The fourth-order valence-electron chi connectivity index (χ4n) is 3.21. The third-order valence-corrected chi connectivity index (χ3v) is 4.93.